The van der Waals surface area contributed by atoms with Crippen LogP contribution < -0.4 is 16.0 Å². The van der Waals surface area contributed by atoms with Crippen LogP contribution in [0.1, 0.15) is 75.7 Å². The fourth-order valence-corrected chi connectivity index (χ4v) is 2.10. The molecule has 1 unspecified atom stereocenters. The zero-order valence-electron chi connectivity index (χ0n) is 22.3. The molecule has 3 N–H and O–H groups in total. The second-order valence-electron chi connectivity index (χ2n) is 10.3. The molecule has 0 heterocycles. The van der Waals surface area contributed by atoms with Gasteiger partial charge in [0.15, 0.2) is 0 Å². The summed E-state index contributed by atoms with van der Waals surface area (Å²) < 4.78 is 20.4. The molecular weight excluding hydrogens is 464 g/mol. The van der Waals surface area contributed by atoms with Gasteiger partial charge in [-0.2, -0.15) is 0 Å². The number of nitrogens with one attached hydrogen (secondary N) is 3. The summed E-state index contributed by atoms with van der Waals surface area (Å²) in [6.07, 6.45) is -2.65. The first-order valence-corrected chi connectivity index (χ1v) is 11.2. The van der Waals surface area contributed by atoms with Gasteiger partial charge in [0, 0.05) is 6.42 Å². The molecule has 0 aliphatic carbocycles. The Labute approximate surface area is 206 Å². The molecule has 3 amide bonds. The van der Waals surface area contributed by atoms with Crippen LogP contribution >= 0.6 is 0 Å². The largest absolute Gasteiger partial charge is 0.464 e. The van der Waals surface area contributed by atoms with Gasteiger partial charge >= 0.3 is 24.2 Å². The third-order valence-corrected chi connectivity index (χ3v) is 3.15. The van der Waals surface area contributed by atoms with Crippen molar-refractivity contribution in [3.8, 4) is 0 Å². The molecule has 0 radical (unpaired) electrons. The second-order valence-corrected chi connectivity index (χ2v) is 10.3. The fourth-order valence-electron chi connectivity index (χ4n) is 2.10. The fraction of sp³-hybridized carbons (Fsp3) is 0.773. The van der Waals surface area contributed by atoms with Crippen molar-refractivity contribution in [2.75, 3.05) is 13.2 Å². The first-order valence-electron chi connectivity index (χ1n) is 11.2. The van der Waals surface area contributed by atoms with Crippen LogP contribution in [0.3, 0.4) is 0 Å². The van der Waals surface area contributed by atoms with Crippen molar-refractivity contribution in [2.24, 2.45) is 5.16 Å². The van der Waals surface area contributed by atoms with Crippen molar-refractivity contribution >= 4 is 30.2 Å². The number of oxime groups is 1. The smallest absolute Gasteiger partial charge is 0.414 e. The number of guanidine groups is 1. The Morgan fingerprint density at radius 1 is 0.743 bits per heavy atom. The molecule has 0 aromatic rings. The first-order chi connectivity index (χ1) is 15.8. The standard InChI is InChI=1S/C22H40N4O9/c1-11-31-15(27)14(23-17(28)33-20(2,3)4)12-13-32-26-16(24-18(29)34-21(5,6)7)25-19(30)35-22(8,9)10/h14H,11-13H2,1-10H3,(H,23,28)(H2,24,25,26,29,30). The number of carbonyl (C=O) groups excluding carboxylic acids is 4. The highest BCUT2D eigenvalue weighted by Crippen LogP contribution is 2.09. The Morgan fingerprint density at radius 3 is 1.57 bits per heavy atom. The van der Waals surface area contributed by atoms with Crippen molar-refractivity contribution in [3.05, 3.63) is 0 Å². The summed E-state index contributed by atoms with van der Waals surface area (Å²) in [6, 6.07) is -1.08. The third kappa shape index (κ3) is 17.8. The summed E-state index contributed by atoms with van der Waals surface area (Å²) in [7, 11) is 0. The Morgan fingerprint density at radius 2 is 1.17 bits per heavy atom. The summed E-state index contributed by atoms with van der Waals surface area (Å²) in [6.45, 7) is 16.5. The van der Waals surface area contributed by atoms with Crippen molar-refractivity contribution in [3.63, 3.8) is 0 Å². The number of esters is 1. The molecule has 0 aliphatic rings. The van der Waals surface area contributed by atoms with Crippen LogP contribution in [0.15, 0.2) is 5.16 Å². The van der Waals surface area contributed by atoms with E-state index in [-0.39, 0.29) is 19.6 Å². The Kier molecular flexibility index (Phi) is 12.3. The molecule has 0 rings (SSSR count). The monoisotopic (exact) mass is 504 g/mol. The van der Waals surface area contributed by atoms with Gasteiger partial charge in [-0.05, 0) is 74.4 Å². The number of hydrogen-bond donors (Lipinski definition) is 3. The Hall–Kier alpha value is -3.25. The Bertz CT molecular complexity index is 730. The van der Waals surface area contributed by atoms with E-state index in [1.54, 1.807) is 69.2 Å². The molecule has 0 aromatic heterocycles. The summed E-state index contributed by atoms with van der Waals surface area (Å²) >= 11 is 0. The molecule has 13 heteroatoms. The van der Waals surface area contributed by atoms with Gasteiger partial charge in [0.2, 0.25) is 0 Å². The summed E-state index contributed by atoms with van der Waals surface area (Å²) in [4.78, 5) is 53.6. The maximum atomic E-state index is 12.2. The number of ether oxygens (including phenoxy) is 4. The van der Waals surface area contributed by atoms with E-state index < -0.39 is 53.1 Å². The molecule has 0 spiro atoms. The predicted molar refractivity (Wildman–Crippen MR) is 127 cm³/mol. The number of amides is 3. The Balaban J connectivity index is 5.28. The highest BCUT2D eigenvalue weighted by Gasteiger charge is 2.26. The van der Waals surface area contributed by atoms with Crippen LogP contribution in [0.25, 0.3) is 0 Å². The average Bonchev–Trinajstić information content (AvgIpc) is 2.59. The maximum Gasteiger partial charge on any atom is 0.414 e. The van der Waals surface area contributed by atoms with Gasteiger partial charge in [0.25, 0.3) is 5.96 Å². The molecule has 0 aromatic carbocycles. The lowest BCUT2D eigenvalue weighted by Gasteiger charge is -2.23. The van der Waals surface area contributed by atoms with Crippen molar-refractivity contribution in [1.29, 1.82) is 0 Å². The van der Waals surface area contributed by atoms with Crippen LogP contribution in [0, 0.1) is 0 Å². The topological polar surface area (TPSA) is 163 Å². The summed E-state index contributed by atoms with van der Waals surface area (Å²) in [5.41, 5.74) is -2.37. The molecule has 0 fully saturated rings. The lowest BCUT2D eigenvalue weighted by atomic mass is 10.2. The van der Waals surface area contributed by atoms with E-state index in [9.17, 15) is 19.2 Å². The van der Waals surface area contributed by atoms with Gasteiger partial charge < -0.3 is 29.1 Å². The summed E-state index contributed by atoms with van der Waals surface area (Å²) in [5, 5.41) is 10.6. The molecule has 0 saturated heterocycles. The van der Waals surface area contributed by atoms with E-state index in [0.717, 1.165) is 0 Å². The quantitative estimate of drug-likeness (QED) is 0.118. The average molecular weight is 505 g/mol. The van der Waals surface area contributed by atoms with Gasteiger partial charge in [-0.3, -0.25) is 10.6 Å². The molecular formula is C22H40N4O9. The zero-order chi connectivity index (χ0) is 27.4. The molecule has 0 bridgehead atoms. The molecule has 35 heavy (non-hydrogen) atoms. The van der Waals surface area contributed by atoms with Gasteiger partial charge in [-0.1, -0.05) is 0 Å². The van der Waals surface area contributed by atoms with Crippen LogP contribution in [0.2, 0.25) is 0 Å². The predicted octanol–water partition coefficient (Wildman–Crippen LogP) is 3.17. The van der Waals surface area contributed by atoms with Gasteiger partial charge in [-0.25, -0.2) is 19.2 Å². The molecule has 13 nitrogen and oxygen atoms in total. The lowest BCUT2D eigenvalue weighted by Crippen LogP contribution is -2.47. The van der Waals surface area contributed by atoms with E-state index in [4.69, 9.17) is 23.8 Å². The van der Waals surface area contributed by atoms with Gasteiger partial charge in [0.1, 0.15) is 29.5 Å². The van der Waals surface area contributed by atoms with Gasteiger partial charge in [0.05, 0.1) is 6.61 Å². The van der Waals surface area contributed by atoms with Crippen LogP contribution in [-0.2, 0) is 28.6 Å². The minimum Gasteiger partial charge on any atom is -0.464 e. The van der Waals surface area contributed by atoms with E-state index in [1.807, 2.05) is 0 Å². The van der Waals surface area contributed by atoms with Crippen LogP contribution in [0.4, 0.5) is 14.4 Å². The van der Waals surface area contributed by atoms with Crippen molar-refractivity contribution in [1.82, 2.24) is 16.0 Å². The van der Waals surface area contributed by atoms with E-state index in [0.29, 0.717) is 0 Å². The number of nitrogens with zero attached hydrogens (tertiary/aromatic N) is 1. The summed E-state index contributed by atoms with van der Waals surface area (Å²) in [5.74, 6) is -1.09. The minimum atomic E-state index is -1.08. The number of hydrogen-bond acceptors (Lipinski definition) is 10. The van der Waals surface area contributed by atoms with Crippen LogP contribution in [0.5, 0.6) is 0 Å². The second kappa shape index (κ2) is 13.6. The number of rotatable bonds is 7. The molecule has 202 valence electrons. The lowest BCUT2D eigenvalue weighted by molar-refractivity contribution is -0.146. The van der Waals surface area contributed by atoms with Crippen molar-refractivity contribution in [2.45, 2.75) is 98.5 Å². The van der Waals surface area contributed by atoms with Crippen molar-refractivity contribution < 1.29 is 43.0 Å². The third-order valence-electron chi connectivity index (χ3n) is 3.15. The number of alkyl carbamates (subject to hydrolysis) is 3. The minimum absolute atomic E-state index is 0.0479. The molecule has 0 saturated carbocycles. The highest BCUT2D eigenvalue weighted by molar-refractivity contribution is 6.01. The van der Waals surface area contributed by atoms with E-state index >= 15 is 0 Å². The highest BCUT2D eigenvalue weighted by atomic mass is 16.6. The van der Waals surface area contributed by atoms with Gasteiger partial charge in [-0.15, -0.1) is 0 Å². The maximum absolute atomic E-state index is 12.2. The first kappa shape index (κ1) is 31.8. The SMILES string of the molecule is CCOC(=O)C(CCON=C(NC(=O)OC(C)(C)C)NC(=O)OC(C)(C)C)NC(=O)OC(C)(C)C. The zero-order valence-corrected chi connectivity index (χ0v) is 22.3. The van der Waals surface area contributed by atoms with E-state index in [1.165, 1.54) is 0 Å². The molecule has 0 aliphatic heterocycles. The molecule has 1 atom stereocenters. The van der Waals surface area contributed by atoms with Crippen LogP contribution in [-0.4, -0.2) is 66.3 Å². The normalized spacial score (nSPS) is 12.4. The number of carbonyl (C=O) groups is 4. The van der Waals surface area contributed by atoms with E-state index in [2.05, 4.69) is 21.1 Å².